The summed E-state index contributed by atoms with van der Waals surface area (Å²) in [5, 5.41) is 12.2. The monoisotopic (exact) mass is 364 g/mol. The molecule has 0 aliphatic carbocycles. The van der Waals surface area contributed by atoms with Crippen LogP contribution in [0.4, 0.5) is 4.79 Å². The number of hydrogen-bond acceptors (Lipinski definition) is 4. The fourth-order valence-electron chi connectivity index (χ4n) is 3.59. The van der Waals surface area contributed by atoms with E-state index < -0.39 is 5.97 Å². The molecule has 136 valence electrons. The number of aliphatic carboxylic acids is 1. The van der Waals surface area contributed by atoms with Crippen molar-refractivity contribution in [1.29, 1.82) is 0 Å². The van der Waals surface area contributed by atoms with Crippen LogP contribution in [0.25, 0.3) is 0 Å². The van der Waals surface area contributed by atoms with Crippen molar-refractivity contribution in [2.24, 2.45) is 0 Å². The number of rotatable bonds is 8. The van der Waals surface area contributed by atoms with Crippen LogP contribution in [0.15, 0.2) is 24.3 Å². The normalized spacial score (nSPS) is 24.9. The molecule has 25 heavy (non-hydrogen) atoms. The Kier molecular flexibility index (Phi) is 5.73. The Balaban J connectivity index is 1.61. The van der Waals surface area contributed by atoms with E-state index >= 15 is 0 Å². The number of hydrogen-bond donors (Lipinski definition) is 2. The number of ether oxygens (including phenoxy) is 1. The van der Waals surface area contributed by atoms with Gasteiger partial charge < -0.3 is 20.1 Å². The molecule has 3 rings (SSSR count). The summed E-state index contributed by atoms with van der Waals surface area (Å²) in [6.07, 6.45) is 2.76. The first-order valence-electron chi connectivity index (χ1n) is 8.62. The lowest BCUT2D eigenvalue weighted by molar-refractivity contribution is -0.137. The van der Waals surface area contributed by atoms with Crippen LogP contribution in [0.5, 0.6) is 5.75 Å². The molecular weight excluding hydrogens is 340 g/mol. The number of thioether (sulfide) groups is 1. The third-order valence-corrected chi connectivity index (χ3v) is 6.35. The lowest BCUT2D eigenvalue weighted by atomic mass is 10.0. The molecule has 7 heteroatoms. The van der Waals surface area contributed by atoms with Crippen molar-refractivity contribution in [3.05, 3.63) is 29.8 Å². The van der Waals surface area contributed by atoms with Crippen LogP contribution in [0.2, 0.25) is 0 Å². The molecule has 1 aromatic carbocycles. The summed E-state index contributed by atoms with van der Waals surface area (Å²) < 4.78 is 5.18. The number of carboxylic acids is 1. The third-order valence-electron chi connectivity index (χ3n) is 4.85. The van der Waals surface area contributed by atoms with Crippen molar-refractivity contribution in [2.45, 2.75) is 49.6 Å². The van der Waals surface area contributed by atoms with Crippen molar-refractivity contribution in [2.75, 3.05) is 12.9 Å². The van der Waals surface area contributed by atoms with Gasteiger partial charge in [-0.2, -0.15) is 11.8 Å². The SMILES string of the molecule is COc1ccc(CN2C(=O)N[C@@H]3CS[C@H](CCCCC(=O)O)[C@@H]32)cc1. The van der Waals surface area contributed by atoms with Crippen molar-refractivity contribution in [3.8, 4) is 5.75 Å². The van der Waals surface area contributed by atoms with E-state index in [0.29, 0.717) is 18.2 Å². The smallest absolute Gasteiger partial charge is 0.318 e. The Morgan fingerprint density at radius 3 is 2.80 bits per heavy atom. The van der Waals surface area contributed by atoms with Crippen LogP contribution >= 0.6 is 11.8 Å². The number of methoxy groups -OCH3 is 1. The van der Waals surface area contributed by atoms with E-state index in [-0.39, 0.29) is 24.5 Å². The number of carbonyl (C=O) groups excluding carboxylic acids is 1. The number of amides is 2. The van der Waals surface area contributed by atoms with E-state index in [9.17, 15) is 9.59 Å². The number of carboxylic acid groups (broad SMARTS) is 1. The summed E-state index contributed by atoms with van der Waals surface area (Å²) in [6.45, 7) is 0.586. The van der Waals surface area contributed by atoms with Crippen LogP contribution in [-0.4, -0.2) is 52.2 Å². The molecule has 0 saturated carbocycles. The molecule has 2 amide bonds. The van der Waals surface area contributed by atoms with Crippen molar-refractivity contribution < 1.29 is 19.4 Å². The van der Waals surface area contributed by atoms with Crippen LogP contribution in [0.3, 0.4) is 0 Å². The second-order valence-electron chi connectivity index (χ2n) is 6.53. The van der Waals surface area contributed by atoms with E-state index in [2.05, 4.69) is 5.32 Å². The third kappa shape index (κ3) is 4.21. The molecule has 0 radical (unpaired) electrons. The van der Waals surface area contributed by atoms with Gasteiger partial charge in [0.15, 0.2) is 0 Å². The average molecular weight is 364 g/mol. The van der Waals surface area contributed by atoms with E-state index in [1.165, 1.54) is 0 Å². The molecule has 6 nitrogen and oxygen atoms in total. The van der Waals surface area contributed by atoms with Gasteiger partial charge in [-0.3, -0.25) is 4.79 Å². The van der Waals surface area contributed by atoms with Crippen LogP contribution in [-0.2, 0) is 11.3 Å². The zero-order valence-corrected chi connectivity index (χ0v) is 15.1. The number of nitrogens with zero attached hydrogens (tertiary/aromatic N) is 1. The van der Waals surface area contributed by atoms with Gasteiger partial charge in [-0.05, 0) is 30.5 Å². The predicted octanol–water partition coefficient (Wildman–Crippen LogP) is 2.72. The highest BCUT2D eigenvalue weighted by atomic mass is 32.2. The van der Waals surface area contributed by atoms with Gasteiger partial charge in [0.1, 0.15) is 5.75 Å². The van der Waals surface area contributed by atoms with E-state index in [1.807, 2.05) is 40.9 Å². The summed E-state index contributed by atoms with van der Waals surface area (Å²) >= 11 is 1.89. The number of carbonyl (C=O) groups is 2. The largest absolute Gasteiger partial charge is 0.497 e. The van der Waals surface area contributed by atoms with E-state index in [1.54, 1.807) is 7.11 Å². The molecule has 2 N–H and O–H groups in total. The molecule has 0 spiro atoms. The lowest BCUT2D eigenvalue weighted by Crippen LogP contribution is -2.40. The second kappa shape index (κ2) is 7.99. The molecular formula is C18H24N2O4S. The van der Waals surface area contributed by atoms with Gasteiger partial charge >= 0.3 is 12.0 Å². The topological polar surface area (TPSA) is 78.9 Å². The van der Waals surface area contributed by atoms with Gasteiger partial charge in [-0.15, -0.1) is 0 Å². The minimum absolute atomic E-state index is 0.00153. The molecule has 2 saturated heterocycles. The predicted molar refractivity (Wildman–Crippen MR) is 97.0 cm³/mol. The summed E-state index contributed by atoms with van der Waals surface area (Å²) in [5.41, 5.74) is 1.08. The summed E-state index contributed by atoms with van der Waals surface area (Å²) in [4.78, 5) is 25.0. The Morgan fingerprint density at radius 1 is 1.36 bits per heavy atom. The second-order valence-corrected chi connectivity index (χ2v) is 7.81. The molecule has 2 aliphatic heterocycles. The summed E-state index contributed by atoms with van der Waals surface area (Å²) in [7, 11) is 1.64. The molecule has 2 fully saturated rings. The zero-order chi connectivity index (χ0) is 17.8. The first kappa shape index (κ1) is 17.9. The van der Waals surface area contributed by atoms with Crippen LogP contribution in [0, 0.1) is 0 Å². The van der Waals surface area contributed by atoms with Crippen LogP contribution < -0.4 is 10.1 Å². The average Bonchev–Trinajstić information content (AvgIpc) is 3.12. The van der Waals surface area contributed by atoms with Gasteiger partial charge in [0.25, 0.3) is 0 Å². The standard InChI is InChI=1S/C18H24N2O4S/c1-24-13-8-6-12(7-9-13)10-20-17-14(19-18(20)23)11-25-15(17)4-2-3-5-16(21)22/h6-9,14-15,17H,2-5,10-11H2,1H3,(H,19,23)(H,21,22)/t14-,15-,17-/m1/s1. The highest BCUT2D eigenvalue weighted by Crippen LogP contribution is 2.38. The highest BCUT2D eigenvalue weighted by molar-refractivity contribution is 8.00. The van der Waals surface area contributed by atoms with Crippen molar-refractivity contribution in [3.63, 3.8) is 0 Å². The first-order valence-corrected chi connectivity index (χ1v) is 9.67. The Morgan fingerprint density at radius 2 is 2.12 bits per heavy atom. The minimum atomic E-state index is -0.740. The summed E-state index contributed by atoms with van der Waals surface area (Å²) in [5.74, 6) is 0.995. The number of fused-ring (bicyclic) bond motifs is 1. The maximum absolute atomic E-state index is 12.4. The summed E-state index contributed by atoms with van der Waals surface area (Å²) in [6, 6.07) is 8.18. The maximum atomic E-state index is 12.4. The van der Waals surface area contributed by atoms with Gasteiger partial charge in [0, 0.05) is 24.0 Å². The van der Waals surface area contributed by atoms with E-state index in [4.69, 9.17) is 9.84 Å². The Hall–Kier alpha value is -1.89. The highest BCUT2D eigenvalue weighted by Gasteiger charge is 2.47. The zero-order valence-electron chi connectivity index (χ0n) is 14.3. The van der Waals surface area contributed by atoms with Crippen LogP contribution in [0.1, 0.15) is 31.2 Å². The molecule has 0 unspecified atom stereocenters. The molecule has 0 aromatic heterocycles. The number of nitrogens with one attached hydrogen (secondary N) is 1. The molecule has 0 bridgehead atoms. The number of urea groups is 1. The first-order chi connectivity index (χ1) is 12.1. The fourth-order valence-corrected chi connectivity index (χ4v) is 5.19. The quantitative estimate of drug-likeness (QED) is 0.548. The van der Waals surface area contributed by atoms with E-state index in [0.717, 1.165) is 29.9 Å². The Bertz CT molecular complexity index is 622. The maximum Gasteiger partial charge on any atom is 0.318 e. The van der Waals surface area contributed by atoms with Gasteiger partial charge in [-0.25, -0.2) is 4.79 Å². The Labute approximate surface area is 151 Å². The molecule has 2 aliphatic rings. The lowest BCUT2D eigenvalue weighted by Gasteiger charge is -2.27. The fraction of sp³-hybridized carbons (Fsp3) is 0.556. The van der Waals surface area contributed by atoms with Crippen molar-refractivity contribution >= 4 is 23.8 Å². The molecule has 1 aromatic rings. The molecule has 3 atom stereocenters. The molecule has 2 heterocycles. The van der Waals surface area contributed by atoms with Gasteiger partial charge in [0.2, 0.25) is 0 Å². The van der Waals surface area contributed by atoms with Gasteiger partial charge in [-0.1, -0.05) is 18.6 Å². The minimum Gasteiger partial charge on any atom is -0.497 e. The number of unbranched alkanes of at least 4 members (excludes halogenated alkanes) is 1. The van der Waals surface area contributed by atoms with Gasteiger partial charge in [0.05, 0.1) is 19.2 Å². The van der Waals surface area contributed by atoms with Crippen molar-refractivity contribution in [1.82, 2.24) is 10.2 Å². The number of benzene rings is 1.